The van der Waals surface area contributed by atoms with E-state index in [1.54, 1.807) is 0 Å². The number of hydrogen-bond donors (Lipinski definition) is 2. The Kier molecular flexibility index (Phi) is 10.2. The first-order valence-corrected chi connectivity index (χ1v) is 9.19. The van der Waals surface area contributed by atoms with Gasteiger partial charge in [-0.3, -0.25) is 9.59 Å². The Bertz CT molecular complexity index is 452. The zero-order valence-electron chi connectivity index (χ0n) is 14.8. The molecule has 2 N–H and O–H groups in total. The molecule has 24 heavy (non-hydrogen) atoms. The number of carbonyl (C=O) groups is 2. The molecule has 0 spiro atoms. The minimum absolute atomic E-state index is 0.135. The summed E-state index contributed by atoms with van der Waals surface area (Å²) in [5, 5.41) is 18.6. The van der Waals surface area contributed by atoms with E-state index in [9.17, 15) is 14.7 Å². The summed E-state index contributed by atoms with van der Waals surface area (Å²) in [7, 11) is 0. The smallest absolute Gasteiger partial charge is 0.303 e. The second-order valence-electron chi connectivity index (χ2n) is 6.54. The van der Waals surface area contributed by atoms with Crippen molar-refractivity contribution in [2.24, 2.45) is 0 Å². The van der Waals surface area contributed by atoms with Gasteiger partial charge in [0.2, 0.25) is 5.91 Å². The number of carbonyl (C=O) groups excluding carboxylic acids is 1. The predicted octanol–water partition coefficient (Wildman–Crippen LogP) is 2.96. The van der Waals surface area contributed by atoms with Gasteiger partial charge in [0.15, 0.2) is 0 Å². The van der Waals surface area contributed by atoms with Gasteiger partial charge < -0.3 is 15.1 Å². The van der Waals surface area contributed by atoms with Crippen molar-refractivity contribution in [1.29, 1.82) is 0 Å². The number of hydrogen-bond acceptors (Lipinski definition) is 3. The fourth-order valence-electron chi connectivity index (χ4n) is 3.03. The van der Waals surface area contributed by atoms with Crippen LogP contribution in [0.4, 0.5) is 0 Å². The van der Waals surface area contributed by atoms with Crippen LogP contribution >= 0.6 is 0 Å². The molecule has 1 heterocycles. The van der Waals surface area contributed by atoms with E-state index in [1.165, 1.54) is 0 Å². The Morgan fingerprint density at radius 2 is 2.08 bits per heavy atom. The van der Waals surface area contributed by atoms with Gasteiger partial charge in [-0.1, -0.05) is 32.1 Å². The van der Waals surface area contributed by atoms with Crippen molar-refractivity contribution in [2.75, 3.05) is 6.54 Å². The molecular weight excluding hydrogens is 306 g/mol. The number of carboxylic acids is 1. The summed E-state index contributed by atoms with van der Waals surface area (Å²) in [6.45, 7) is 2.57. The number of likely N-dealkylation sites (tertiary alicyclic amines) is 1. The normalized spacial score (nSPS) is 18.3. The van der Waals surface area contributed by atoms with Gasteiger partial charge in [0.05, 0.1) is 12.6 Å². The number of rotatable bonds is 11. The molecule has 0 aromatic rings. The van der Waals surface area contributed by atoms with E-state index in [0.29, 0.717) is 25.8 Å². The summed E-state index contributed by atoms with van der Waals surface area (Å²) in [6, 6.07) is 0.187. The topological polar surface area (TPSA) is 77.8 Å². The van der Waals surface area contributed by atoms with Gasteiger partial charge in [-0.25, -0.2) is 0 Å². The van der Waals surface area contributed by atoms with Gasteiger partial charge in [-0.2, -0.15) is 0 Å². The molecule has 1 fully saturated rings. The minimum Gasteiger partial charge on any atom is -0.481 e. The van der Waals surface area contributed by atoms with Crippen LogP contribution in [0.15, 0.2) is 0 Å². The molecule has 2 unspecified atom stereocenters. The van der Waals surface area contributed by atoms with Crippen molar-refractivity contribution in [2.45, 2.75) is 89.7 Å². The number of carboxylic acid groups (broad SMARTS) is 1. The zero-order chi connectivity index (χ0) is 17.8. The van der Waals surface area contributed by atoms with Crippen LogP contribution in [0.1, 0.15) is 77.6 Å². The van der Waals surface area contributed by atoms with Gasteiger partial charge in [0.1, 0.15) is 0 Å². The number of amides is 1. The molecule has 136 valence electrons. The lowest BCUT2D eigenvalue weighted by Gasteiger charge is -2.23. The van der Waals surface area contributed by atoms with Crippen LogP contribution in [0.2, 0.25) is 0 Å². The fraction of sp³-hybridized carbons (Fsp3) is 0.789. The van der Waals surface area contributed by atoms with Crippen LogP contribution in [-0.4, -0.2) is 45.7 Å². The average Bonchev–Trinajstić information content (AvgIpc) is 2.89. The maximum atomic E-state index is 12.0. The van der Waals surface area contributed by atoms with Gasteiger partial charge in [0.25, 0.3) is 0 Å². The SMILES string of the molecule is CCCCCC(O)CCC1CCC(=O)N1CC#CCCCC(=O)O. The average molecular weight is 337 g/mol. The first-order valence-electron chi connectivity index (χ1n) is 9.19. The molecule has 1 saturated heterocycles. The Morgan fingerprint density at radius 3 is 2.79 bits per heavy atom. The van der Waals surface area contributed by atoms with Crippen molar-refractivity contribution < 1.29 is 19.8 Å². The summed E-state index contributed by atoms with van der Waals surface area (Å²) in [4.78, 5) is 24.2. The third-order valence-electron chi connectivity index (χ3n) is 4.49. The molecule has 1 aliphatic rings. The van der Waals surface area contributed by atoms with Gasteiger partial charge >= 0.3 is 5.97 Å². The summed E-state index contributed by atoms with van der Waals surface area (Å²) >= 11 is 0. The van der Waals surface area contributed by atoms with Crippen LogP contribution in [0.5, 0.6) is 0 Å². The van der Waals surface area contributed by atoms with Crippen LogP contribution in [0.3, 0.4) is 0 Å². The number of nitrogens with zero attached hydrogens (tertiary/aromatic N) is 1. The predicted molar refractivity (Wildman–Crippen MR) is 93.4 cm³/mol. The maximum Gasteiger partial charge on any atom is 0.303 e. The van der Waals surface area contributed by atoms with E-state index in [2.05, 4.69) is 18.8 Å². The number of aliphatic hydroxyl groups excluding tert-OH is 1. The number of aliphatic carboxylic acids is 1. The summed E-state index contributed by atoms with van der Waals surface area (Å²) in [5.41, 5.74) is 0. The first-order chi connectivity index (χ1) is 11.5. The lowest BCUT2D eigenvalue weighted by molar-refractivity contribution is -0.137. The van der Waals surface area contributed by atoms with Gasteiger partial charge in [-0.15, -0.1) is 5.92 Å². The molecule has 1 rings (SSSR count). The molecule has 0 saturated carbocycles. The maximum absolute atomic E-state index is 12.0. The fourth-order valence-corrected chi connectivity index (χ4v) is 3.03. The highest BCUT2D eigenvalue weighted by atomic mass is 16.4. The van der Waals surface area contributed by atoms with E-state index in [1.807, 2.05) is 4.90 Å². The Hall–Kier alpha value is -1.54. The van der Waals surface area contributed by atoms with E-state index in [0.717, 1.165) is 44.9 Å². The third kappa shape index (κ3) is 8.35. The van der Waals surface area contributed by atoms with Crippen LogP contribution < -0.4 is 0 Å². The lowest BCUT2D eigenvalue weighted by atomic mass is 10.0. The zero-order valence-corrected chi connectivity index (χ0v) is 14.8. The standard InChI is InChI=1S/C19H31NO4/c1-2-3-6-9-17(21)13-11-16-12-14-18(22)20(16)15-8-5-4-7-10-19(23)24/h16-17,21H,2-4,6-7,9-15H2,1H3,(H,23,24). The summed E-state index contributed by atoms with van der Waals surface area (Å²) in [5.74, 6) is 5.28. The molecule has 0 bridgehead atoms. The lowest BCUT2D eigenvalue weighted by Crippen LogP contribution is -2.34. The van der Waals surface area contributed by atoms with E-state index >= 15 is 0 Å². The Balaban J connectivity index is 2.30. The monoisotopic (exact) mass is 337 g/mol. The second-order valence-corrected chi connectivity index (χ2v) is 6.54. The number of unbranched alkanes of at least 4 members (excludes halogenated alkanes) is 3. The Morgan fingerprint density at radius 1 is 1.29 bits per heavy atom. The second kappa shape index (κ2) is 11.9. The highest BCUT2D eigenvalue weighted by Crippen LogP contribution is 2.23. The van der Waals surface area contributed by atoms with Crippen LogP contribution in [-0.2, 0) is 9.59 Å². The van der Waals surface area contributed by atoms with Crippen molar-refractivity contribution in [3.8, 4) is 11.8 Å². The third-order valence-corrected chi connectivity index (χ3v) is 4.49. The summed E-state index contributed by atoms with van der Waals surface area (Å²) < 4.78 is 0. The highest BCUT2D eigenvalue weighted by molar-refractivity contribution is 5.79. The van der Waals surface area contributed by atoms with Crippen molar-refractivity contribution in [1.82, 2.24) is 4.90 Å². The van der Waals surface area contributed by atoms with Gasteiger partial charge in [0, 0.05) is 25.3 Å². The molecule has 0 aromatic carbocycles. The van der Waals surface area contributed by atoms with Crippen molar-refractivity contribution in [3.63, 3.8) is 0 Å². The van der Waals surface area contributed by atoms with Crippen LogP contribution in [0.25, 0.3) is 0 Å². The van der Waals surface area contributed by atoms with Crippen molar-refractivity contribution in [3.05, 3.63) is 0 Å². The van der Waals surface area contributed by atoms with Gasteiger partial charge in [-0.05, 0) is 32.1 Å². The Labute approximate surface area is 145 Å². The van der Waals surface area contributed by atoms with E-state index < -0.39 is 5.97 Å². The van der Waals surface area contributed by atoms with Crippen LogP contribution in [0, 0.1) is 11.8 Å². The molecule has 5 heteroatoms. The molecule has 2 atom stereocenters. The first kappa shape index (κ1) is 20.5. The number of aliphatic hydroxyl groups is 1. The van der Waals surface area contributed by atoms with E-state index in [-0.39, 0.29) is 24.5 Å². The minimum atomic E-state index is -0.802. The molecule has 1 amide bonds. The summed E-state index contributed by atoms with van der Waals surface area (Å²) in [6.07, 6.45) is 8.17. The molecule has 5 nitrogen and oxygen atoms in total. The van der Waals surface area contributed by atoms with Crippen molar-refractivity contribution >= 4 is 11.9 Å². The molecule has 1 aliphatic heterocycles. The molecular formula is C19H31NO4. The molecule has 0 radical (unpaired) electrons. The highest BCUT2D eigenvalue weighted by Gasteiger charge is 2.30. The van der Waals surface area contributed by atoms with E-state index in [4.69, 9.17) is 5.11 Å². The molecule has 0 aliphatic carbocycles. The largest absolute Gasteiger partial charge is 0.481 e. The molecule has 0 aromatic heterocycles. The quantitative estimate of drug-likeness (QED) is 0.449.